The van der Waals surface area contributed by atoms with Gasteiger partial charge in [-0.15, -0.1) is 0 Å². The molecule has 33 heavy (non-hydrogen) atoms. The molecule has 8 heteroatoms. The molecule has 0 N–H and O–H groups in total. The van der Waals surface area contributed by atoms with Crippen molar-refractivity contribution in [1.29, 1.82) is 0 Å². The van der Waals surface area contributed by atoms with Gasteiger partial charge in [-0.2, -0.15) is 0 Å². The zero-order chi connectivity index (χ0) is 23.4. The lowest BCUT2D eigenvalue weighted by Gasteiger charge is -2.36. The van der Waals surface area contributed by atoms with Crippen molar-refractivity contribution in [3.8, 4) is 11.5 Å². The monoisotopic (exact) mass is 453 g/mol. The molecule has 7 nitrogen and oxygen atoms in total. The van der Waals surface area contributed by atoms with E-state index in [9.17, 15) is 14.0 Å². The second-order valence-electron chi connectivity index (χ2n) is 7.94. The topological polar surface area (TPSA) is 62.3 Å². The SMILES string of the molecule is CCN1CCN(C2=C(c3ccc(F)cc3)C(=O)N(CCOc3ccc(OC)cc3)C2=O)CC1. The van der Waals surface area contributed by atoms with Gasteiger partial charge in [0.1, 0.15) is 29.6 Å². The minimum absolute atomic E-state index is 0.118. The van der Waals surface area contributed by atoms with Gasteiger partial charge in [0.15, 0.2) is 0 Å². The van der Waals surface area contributed by atoms with Crippen molar-refractivity contribution in [1.82, 2.24) is 14.7 Å². The van der Waals surface area contributed by atoms with Crippen molar-refractivity contribution >= 4 is 17.4 Å². The number of ether oxygens (including phenoxy) is 2. The summed E-state index contributed by atoms with van der Waals surface area (Å²) in [5, 5.41) is 0. The van der Waals surface area contributed by atoms with Crippen LogP contribution in [0.15, 0.2) is 54.2 Å². The average molecular weight is 454 g/mol. The van der Waals surface area contributed by atoms with Gasteiger partial charge >= 0.3 is 0 Å². The summed E-state index contributed by atoms with van der Waals surface area (Å²) in [6.07, 6.45) is 0. The third-order valence-corrected chi connectivity index (χ3v) is 6.06. The third-order valence-electron chi connectivity index (χ3n) is 6.06. The van der Waals surface area contributed by atoms with Gasteiger partial charge in [-0.3, -0.25) is 14.5 Å². The Morgan fingerprint density at radius 1 is 0.879 bits per heavy atom. The molecular weight excluding hydrogens is 425 g/mol. The summed E-state index contributed by atoms with van der Waals surface area (Å²) in [4.78, 5) is 32.2. The number of hydrogen-bond donors (Lipinski definition) is 0. The molecular formula is C25H28FN3O4. The minimum Gasteiger partial charge on any atom is -0.497 e. The Hall–Kier alpha value is -3.39. The van der Waals surface area contributed by atoms with Crippen molar-refractivity contribution in [3.63, 3.8) is 0 Å². The maximum absolute atomic E-state index is 13.5. The maximum Gasteiger partial charge on any atom is 0.277 e. The summed E-state index contributed by atoms with van der Waals surface area (Å²) in [5.41, 5.74) is 1.27. The molecule has 0 aromatic heterocycles. The van der Waals surface area contributed by atoms with Crippen molar-refractivity contribution in [2.24, 2.45) is 0 Å². The highest BCUT2D eigenvalue weighted by Crippen LogP contribution is 2.32. The number of methoxy groups -OCH3 is 1. The first kappa shape index (κ1) is 22.8. The van der Waals surface area contributed by atoms with Crippen LogP contribution in [0.25, 0.3) is 5.57 Å². The van der Waals surface area contributed by atoms with Gasteiger partial charge in [0.2, 0.25) is 0 Å². The van der Waals surface area contributed by atoms with Crippen LogP contribution in [0.2, 0.25) is 0 Å². The molecule has 4 rings (SSSR count). The zero-order valence-corrected chi connectivity index (χ0v) is 18.9. The molecule has 174 valence electrons. The van der Waals surface area contributed by atoms with Crippen molar-refractivity contribution in [3.05, 3.63) is 65.6 Å². The Morgan fingerprint density at radius 3 is 2.12 bits per heavy atom. The summed E-state index contributed by atoms with van der Waals surface area (Å²) < 4.78 is 24.4. The molecule has 0 radical (unpaired) electrons. The number of nitrogens with zero attached hydrogens (tertiary/aromatic N) is 3. The van der Waals surface area contributed by atoms with Crippen LogP contribution in [0.5, 0.6) is 11.5 Å². The van der Waals surface area contributed by atoms with E-state index in [1.54, 1.807) is 43.5 Å². The van der Waals surface area contributed by atoms with Crippen LogP contribution in [-0.4, -0.2) is 79.5 Å². The van der Waals surface area contributed by atoms with E-state index in [1.165, 1.54) is 17.0 Å². The lowest BCUT2D eigenvalue weighted by atomic mass is 10.0. The van der Waals surface area contributed by atoms with Crippen LogP contribution in [0, 0.1) is 5.82 Å². The summed E-state index contributed by atoms with van der Waals surface area (Å²) in [6, 6.07) is 12.8. The van der Waals surface area contributed by atoms with E-state index in [0.717, 1.165) is 19.6 Å². The average Bonchev–Trinajstić information content (AvgIpc) is 3.10. The van der Waals surface area contributed by atoms with E-state index in [1.807, 2.05) is 4.90 Å². The normalized spacial score (nSPS) is 17.2. The molecule has 0 aliphatic carbocycles. The molecule has 2 aliphatic rings. The predicted molar refractivity (Wildman–Crippen MR) is 122 cm³/mol. The first-order valence-electron chi connectivity index (χ1n) is 11.1. The molecule has 0 spiro atoms. The Bertz CT molecular complexity index is 1030. The van der Waals surface area contributed by atoms with Crippen molar-refractivity contribution < 1.29 is 23.5 Å². The Morgan fingerprint density at radius 2 is 1.52 bits per heavy atom. The van der Waals surface area contributed by atoms with E-state index >= 15 is 0 Å². The van der Waals surface area contributed by atoms with Gasteiger partial charge in [-0.1, -0.05) is 19.1 Å². The molecule has 0 saturated carbocycles. The molecule has 2 aromatic carbocycles. The van der Waals surface area contributed by atoms with E-state index < -0.39 is 0 Å². The number of piperazine rings is 1. The number of halogens is 1. The fourth-order valence-corrected chi connectivity index (χ4v) is 4.15. The van der Waals surface area contributed by atoms with E-state index in [0.29, 0.717) is 41.4 Å². The molecule has 0 unspecified atom stereocenters. The molecule has 0 bridgehead atoms. The highest BCUT2D eigenvalue weighted by atomic mass is 19.1. The molecule has 2 aliphatic heterocycles. The third kappa shape index (κ3) is 4.85. The van der Waals surface area contributed by atoms with Crippen LogP contribution in [0.1, 0.15) is 12.5 Å². The number of hydrogen-bond acceptors (Lipinski definition) is 6. The summed E-state index contributed by atoms with van der Waals surface area (Å²) in [6.45, 7) is 6.28. The Kier molecular flexibility index (Phi) is 6.93. The molecule has 2 aromatic rings. The van der Waals surface area contributed by atoms with E-state index in [4.69, 9.17) is 9.47 Å². The molecule has 2 amide bonds. The Balaban J connectivity index is 1.53. The van der Waals surface area contributed by atoms with Gasteiger partial charge < -0.3 is 19.3 Å². The minimum atomic E-state index is -0.390. The summed E-state index contributed by atoms with van der Waals surface area (Å²) >= 11 is 0. The molecule has 1 saturated heterocycles. The number of benzene rings is 2. The highest BCUT2D eigenvalue weighted by Gasteiger charge is 2.42. The summed E-state index contributed by atoms with van der Waals surface area (Å²) in [5.74, 6) is 0.241. The van der Waals surface area contributed by atoms with Gasteiger partial charge in [-0.05, 0) is 48.5 Å². The first-order chi connectivity index (χ1) is 16.0. The standard InChI is InChI=1S/C25H28FN3O4/c1-3-27-12-14-28(15-13-27)23-22(18-4-6-19(26)7-5-18)24(30)29(25(23)31)16-17-33-21-10-8-20(32-2)9-11-21/h4-11H,3,12-17H2,1-2H3. The maximum atomic E-state index is 13.5. The number of imide groups is 1. The lowest BCUT2D eigenvalue weighted by Crippen LogP contribution is -2.47. The van der Waals surface area contributed by atoms with Crippen LogP contribution in [0.3, 0.4) is 0 Å². The second kappa shape index (κ2) is 10.0. The molecule has 2 heterocycles. The van der Waals surface area contributed by atoms with Gasteiger partial charge in [-0.25, -0.2) is 4.39 Å². The second-order valence-corrected chi connectivity index (χ2v) is 7.94. The lowest BCUT2D eigenvalue weighted by molar-refractivity contribution is -0.138. The van der Waals surface area contributed by atoms with E-state index in [-0.39, 0.29) is 30.8 Å². The smallest absolute Gasteiger partial charge is 0.277 e. The predicted octanol–water partition coefficient (Wildman–Crippen LogP) is 2.63. The quantitative estimate of drug-likeness (QED) is 0.573. The number of likely N-dealkylation sites (N-methyl/N-ethyl adjacent to an activating group) is 1. The molecule has 1 fully saturated rings. The fourth-order valence-electron chi connectivity index (χ4n) is 4.15. The zero-order valence-electron chi connectivity index (χ0n) is 18.9. The number of amides is 2. The molecule has 0 atom stereocenters. The summed E-state index contributed by atoms with van der Waals surface area (Å²) in [7, 11) is 1.59. The number of rotatable bonds is 8. The van der Waals surface area contributed by atoms with Crippen molar-refractivity contribution in [2.75, 3.05) is 53.0 Å². The van der Waals surface area contributed by atoms with E-state index in [2.05, 4.69) is 11.8 Å². The number of carbonyl (C=O) groups excluding carboxylic acids is 2. The van der Waals surface area contributed by atoms with Crippen LogP contribution >= 0.6 is 0 Å². The van der Waals surface area contributed by atoms with Gasteiger partial charge in [0.25, 0.3) is 11.8 Å². The Labute approximate surface area is 193 Å². The fraction of sp³-hybridized carbons (Fsp3) is 0.360. The largest absolute Gasteiger partial charge is 0.497 e. The number of carbonyl (C=O) groups is 2. The van der Waals surface area contributed by atoms with Gasteiger partial charge in [0, 0.05) is 26.2 Å². The first-order valence-corrected chi connectivity index (χ1v) is 11.1. The van der Waals surface area contributed by atoms with Crippen LogP contribution < -0.4 is 9.47 Å². The van der Waals surface area contributed by atoms with Crippen LogP contribution in [-0.2, 0) is 9.59 Å². The van der Waals surface area contributed by atoms with Gasteiger partial charge in [0.05, 0.1) is 19.2 Å². The highest BCUT2D eigenvalue weighted by molar-refractivity contribution is 6.35. The van der Waals surface area contributed by atoms with Crippen LogP contribution in [0.4, 0.5) is 4.39 Å². The van der Waals surface area contributed by atoms with Crippen molar-refractivity contribution in [2.45, 2.75) is 6.92 Å².